The second-order valence-electron chi connectivity index (χ2n) is 5.44. The maximum atomic E-state index is 5.89. The van der Waals surface area contributed by atoms with Gasteiger partial charge in [-0.2, -0.15) is 5.10 Å². The Balaban J connectivity index is 1.57. The van der Waals surface area contributed by atoms with E-state index in [1.165, 1.54) is 17.3 Å². The zero-order chi connectivity index (χ0) is 18.2. The van der Waals surface area contributed by atoms with Crippen molar-refractivity contribution in [2.75, 3.05) is 0 Å². The van der Waals surface area contributed by atoms with Crippen LogP contribution in [0.1, 0.15) is 11.1 Å². The maximum Gasteiger partial charge on any atom is 0.180 e. The van der Waals surface area contributed by atoms with Crippen molar-refractivity contribution in [2.24, 2.45) is 15.9 Å². The van der Waals surface area contributed by atoms with Crippen LogP contribution in [0.15, 0.2) is 87.6 Å². The lowest BCUT2D eigenvalue weighted by Gasteiger charge is -2.01. The summed E-state index contributed by atoms with van der Waals surface area (Å²) in [4.78, 5) is 4.39. The van der Waals surface area contributed by atoms with E-state index in [1.54, 1.807) is 12.4 Å². The normalized spacial score (nSPS) is 11.8. The summed E-state index contributed by atoms with van der Waals surface area (Å²) in [6.07, 6.45) is 3.48. The third kappa shape index (κ3) is 5.54. The number of aromatic nitrogens is 1. The minimum Gasteiger partial charge on any atom is -0.377 e. The lowest BCUT2D eigenvalue weighted by molar-refractivity contribution is 1.25. The van der Waals surface area contributed by atoms with Crippen LogP contribution >= 0.6 is 27.7 Å². The maximum absolute atomic E-state index is 5.89. The topological polar surface area (TPSA) is 63.6 Å². The molecule has 3 aromatic rings. The number of rotatable bonds is 5. The first-order valence-electron chi connectivity index (χ1n) is 7.96. The number of benzene rings is 2. The Kier molecular flexibility index (Phi) is 6.57. The van der Waals surface area contributed by atoms with Gasteiger partial charge in [-0.1, -0.05) is 66.4 Å². The first kappa shape index (κ1) is 18.4. The zero-order valence-electron chi connectivity index (χ0n) is 13.9. The van der Waals surface area contributed by atoms with Crippen molar-refractivity contribution in [3.05, 3.63) is 88.5 Å². The van der Waals surface area contributed by atoms with Crippen LogP contribution in [0.5, 0.6) is 0 Å². The monoisotopic (exact) mass is 424 g/mol. The van der Waals surface area contributed by atoms with Gasteiger partial charge in [-0.3, -0.25) is 4.98 Å². The minimum absolute atomic E-state index is 0.445. The molecule has 0 atom stereocenters. The van der Waals surface area contributed by atoms with Crippen molar-refractivity contribution in [3.8, 4) is 11.3 Å². The average molecular weight is 425 g/mol. The summed E-state index contributed by atoms with van der Waals surface area (Å²) in [5.74, 6) is 0.778. The van der Waals surface area contributed by atoms with Crippen molar-refractivity contribution in [1.82, 2.24) is 4.98 Å². The molecule has 1 heterocycles. The van der Waals surface area contributed by atoms with E-state index < -0.39 is 0 Å². The zero-order valence-corrected chi connectivity index (χ0v) is 16.3. The van der Waals surface area contributed by atoms with Gasteiger partial charge in [0.25, 0.3) is 0 Å². The largest absolute Gasteiger partial charge is 0.377 e. The van der Waals surface area contributed by atoms with Crippen molar-refractivity contribution in [2.45, 2.75) is 5.75 Å². The fraction of sp³-hybridized carbons (Fsp3) is 0.0500. The molecule has 0 amide bonds. The smallest absolute Gasteiger partial charge is 0.180 e. The molecule has 6 heteroatoms. The highest BCUT2D eigenvalue weighted by Crippen LogP contribution is 2.19. The van der Waals surface area contributed by atoms with Crippen LogP contribution in [-0.2, 0) is 5.75 Å². The van der Waals surface area contributed by atoms with E-state index in [-0.39, 0.29) is 0 Å². The molecule has 3 rings (SSSR count). The molecule has 0 aliphatic heterocycles. The average Bonchev–Trinajstić information content (AvgIpc) is 2.68. The molecule has 0 unspecified atom stereocenters. The van der Waals surface area contributed by atoms with Gasteiger partial charge in [0.05, 0.1) is 11.9 Å². The highest BCUT2D eigenvalue weighted by Gasteiger charge is 1.99. The third-order valence-electron chi connectivity index (χ3n) is 3.53. The molecule has 130 valence electrons. The highest BCUT2D eigenvalue weighted by atomic mass is 79.9. The highest BCUT2D eigenvalue weighted by molar-refractivity contribution is 9.10. The predicted octanol–water partition coefficient (Wildman–Crippen LogP) is 5.09. The number of nitrogens with two attached hydrogens (primary N) is 1. The van der Waals surface area contributed by atoms with Gasteiger partial charge in [0.1, 0.15) is 0 Å². The van der Waals surface area contributed by atoms with E-state index in [4.69, 9.17) is 5.73 Å². The van der Waals surface area contributed by atoms with Gasteiger partial charge in [-0.05, 0) is 39.2 Å². The second kappa shape index (κ2) is 9.31. The quantitative estimate of drug-likeness (QED) is 0.352. The first-order chi connectivity index (χ1) is 12.7. The second-order valence-corrected chi connectivity index (χ2v) is 7.35. The number of halogens is 1. The van der Waals surface area contributed by atoms with E-state index in [1.807, 2.05) is 54.6 Å². The van der Waals surface area contributed by atoms with Gasteiger partial charge in [-0.15, -0.1) is 5.10 Å². The number of nitrogens with zero attached hydrogens (tertiary/aromatic N) is 3. The van der Waals surface area contributed by atoms with Crippen LogP contribution in [0.2, 0.25) is 0 Å². The molecule has 0 aliphatic rings. The number of thioether (sulfide) groups is 1. The molecule has 1 aromatic heterocycles. The van der Waals surface area contributed by atoms with Gasteiger partial charge in [0.15, 0.2) is 5.17 Å². The minimum atomic E-state index is 0.445. The lowest BCUT2D eigenvalue weighted by Crippen LogP contribution is -2.05. The summed E-state index contributed by atoms with van der Waals surface area (Å²) >= 11 is 4.86. The molecule has 0 bridgehead atoms. The molecular formula is C20H17BrN4S. The molecule has 26 heavy (non-hydrogen) atoms. The Morgan fingerprint density at radius 3 is 2.50 bits per heavy atom. The summed E-state index contributed by atoms with van der Waals surface area (Å²) in [6.45, 7) is 0. The van der Waals surface area contributed by atoms with Gasteiger partial charge in [0.2, 0.25) is 0 Å². The van der Waals surface area contributed by atoms with E-state index in [9.17, 15) is 0 Å². The Labute approximate surface area is 165 Å². The van der Waals surface area contributed by atoms with Crippen molar-refractivity contribution < 1.29 is 0 Å². The molecule has 2 aromatic carbocycles. The van der Waals surface area contributed by atoms with E-state index in [0.29, 0.717) is 5.17 Å². The number of hydrogen-bond donors (Lipinski definition) is 1. The lowest BCUT2D eigenvalue weighted by atomic mass is 10.1. The molecule has 0 fully saturated rings. The molecule has 0 saturated heterocycles. The van der Waals surface area contributed by atoms with E-state index in [2.05, 4.69) is 43.2 Å². The number of hydrogen-bond acceptors (Lipinski definition) is 4. The van der Waals surface area contributed by atoms with Gasteiger partial charge < -0.3 is 5.73 Å². The van der Waals surface area contributed by atoms with Gasteiger partial charge in [0, 0.05) is 22.0 Å². The van der Waals surface area contributed by atoms with Crippen LogP contribution in [-0.4, -0.2) is 16.4 Å². The van der Waals surface area contributed by atoms with E-state index in [0.717, 1.165) is 27.0 Å². The Morgan fingerprint density at radius 2 is 1.81 bits per heavy atom. The van der Waals surface area contributed by atoms with Crippen LogP contribution < -0.4 is 5.73 Å². The molecule has 4 nitrogen and oxygen atoms in total. The van der Waals surface area contributed by atoms with Crippen molar-refractivity contribution in [1.29, 1.82) is 0 Å². The molecule has 0 spiro atoms. The van der Waals surface area contributed by atoms with Crippen molar-refractivity contribution >= 4 is 39.1 Å². The third-order valence-corrected chi connectivity index (χ3v) is 4.85. The molecule has 0 saturated carbocycles. The fourth-order valence-electron chi connectivity index (χ4n) is 2.20. The standard InChI is InChI=1S/C20H17BrN4S/c21-18-10-11-19(23-13-18)17-8-6-15(7-9-17)12-24-25-20(22)26-14-16-4-2-1-3-5-16/h1-13H,14H2,(H2,22,25). The Bertz CT molecular complexity index is 891. The number of amidine groups is 1. The molecule has 2 N–H and O–H groups in total. The summed E-state index contributed by atoms with van der Waals surface area (Å²) in [6, 6.07) is 22.1. The summed E-state index contributed by atoms with van der Waals surface area (Å²) in [7, 11) is 0. The predicted molar refractivity (Wildman–Crippen MR) is 114 cm³/mol. The summed E-state index contributed by atoms with van der Waals surface area (Å²) in [5.41, 5.74) is 10.0. The number of pyridine rings is 1. The van der Waals surface area contributed by atoms with Gasteiger partial charge in [-0.25, -0.2) is 0 Å². The van der Waals surface area contributed by atoms with Crippen LogP contribution in [0, 0.1) is 0 Å². The van der Waals surface area contributed by atoms with E-state index >= 15 is 0 Å². The first-order valence-corrected chi connectivity index (χ1v) is 9.74. The molecule has 0 aliphatic carbocycles. The van der Waals surface area contributed by atoms with Crippen LogP contribution in [0.4, 0.5) is 0 Å². The Morgan fingerprint density at radius 1 is 1.04 bits per heavy atom. The fourth-order valence-corrected chi connectivity index (χ4v) is 3.05. The van der Waals surface area contributed by atoms with Gasteiger partial charge >= 0.3 is 0 Å². The van der Waals surface area contributed by atoms with Crippen LogP contribution in [0.25, 0.3) is 11.3 Å². The summed E-state index contributed by atoms with van der Waals surface area (Å²) in [5, 5.41) is 8.54. The Hall–Kier alpha value is -2.44. The molecule has 0 radical (unpaired) electrons. The molecular weight excluding hydrogens is 408 g/mol. The summed E-state index contributed by atoms with van der Waals surface area (Å²) < 4.78 is 0.964. The van der Waals surface area contributed by atoms with Crippen molar-refractivity contribution in [3.63, 3.8) is 0 Å². The SMILES string of the molecule is NC(=NN=Cc1ccc(-c2ccc(Br)cn2)cc1)SCc1ccccc1. The van der Waals surface area contributed by atoms with Crippen LogP contribution in [0.3, 0.4) is 0 Å².